The Kier molecular flexibility index (Phi) is 5.53. The molecule has 0 radical (unpaired) electrons. The van der Waals surface area contributed by atoms with Crippen molar-refractivity contribution in [2.24, 2.45) is 0 Å². The van der Waals surface area contributed by atoms with Crippen molar-refractivity contribution >= 4 is 11.7 Å². The summed E-state index contributed by atoms with van der Waals surface area (Å²) in [7, 11) is 1.85. The second-order valence-corrected chi connectivity index (χ2v) is 5.39. The molecule has 0 aliphatic heterocycles. The van der Waals surface area contributed by atoms with E-state index in [-0.39, 0.29) is 6.03 Å². The van der Waals surface area contributed by atoms with E-state index in [0.717, 1.165) is 17.7 Å². The highest BCUT2D eigenvalue weighted by atomic mass is 16.2. The molecule has 2 rings (SSSR count). The lowest BCUT2D eigenvalue weighted by atomic mass is 10.2. The molecule has 0 saturated heterocycles. The molecule has 4 heteroatoms. The molecule has 0 fully saturated rings. The van der Waals surface area contributed by atoms with Gasteiger partial charge in [0.15, 0.2) is 0 Å². The number of carbonyl (C=O) groups excluding carboxylic acids is 1. The number of rotatable bonds is 5. The third kappa shape index (κ3) is 4.07. The monoisotopic (exact) mass is 297 g/mol. The Hall–Kier alpha value is -2.36. The fraction of sp³-hybridized carbons (Fsp3) is 0.333. The number of anilines is 1. The van der Waals surface area contributed by atoms with Gasteiger partial charge in [0.1, 0.15) is 0 Å². The minimum absolute atomic E-state index is 0.0298. The Morgan fingerprint density at radius 2 is 1.91 bits per heavy atom. The van der Waals surface area contributed by atoms with E-state index in [1.54, 1.807) is 22.2 Å². The molecule has 2 aromatic rings. The third-order valence-corrected chi connectivity index (χ3v) is 3.67. The minimum Gasteiger partial charge on any atom is -0.327 e. The summed E-state index contributed by atoms with van der Waals surface area (Å²) < 4.78 is 0. The maximum absolute atomic E-state index is 12.6. The average molecular weight is 297 g/mol. The number of pyridine rings is 1. The molecule has 0 unspecified atom stereocenters. The van der Waals surface area contributed by atoms with Crippen LogP contribution in [-0.2, 0) is 6.42 Å². The van der Waals surface area contributed by atoms with Crippen molar-refractivity contribution in [2.45, 2.75) is 20.3 Å². The zero-order chi connectivity index (χ0) is 15.9. The van der Waals surface area contributed by atoms with Gasteiger partial charge in [-0.15, -0.1) is 0 Å². The number of aromatic nitrogens is 1. The number of carbonyl (C=O) groups is 1. The fourth-order valence-electron chi connectivity index (χ4n) is 2.37. The normalized spacial score (nSPS) is 10.3. The van der Waals surface area contributed by atoms with Gasteiger partial charge in [-0.3, -0.25) is 9.88 Å². The second kappa shape index (κ2) is 7.59. The predicted octanol–water partition coefficient (Wildman–Crippen LogP) is 3.51. The lowest BCUT2D eigenvalue weighted by molar-refractivity contribution is 0.216. The van der Waals surface area contributed by atoms with Crippen LogP contribution >= 0.6 is 0 Å². The lowest BCUT2D eigenvalue weighted by Gasteiger charge is -2.27. The van der Waals surface area contributed by atoms with Crippen molar-refractivity contribution in [1.29, 1.82) is 0 Å². The maximum atomic E-state index is 12.6. The van der Waals surface area contributed by atoms with Gasteiger partial charge in [0.2, 0.25) is 0 Å². The Labute approximate surface area is 132 Å². The molecule has 0 aliphatic carbocycles. The van der Waals surface area contributed by atoms with Crippen LogP contribution in [0.4, 0.5) is 10.5 Å². The van der Waals surface area contributed by atoms with Crippen LogP contribution in [0.15, 0.2) is 48.8 Å². The number of aryl methyl sites for hydroxylation is 1. The number of hydrogen-bond acceptors (Lipinski definition) is 2. The summed E-state index contributed by atoms with van der Waals surface area (Å²) in [6.07, 6.45) is 4.39. The van der Waals surface area contributed by atoms with Crippen molar-refractivity contribution in [3.05, 3.63) is 59.9 Å². The second-order valence-electron chi connectivity index (χ2n) is 5.39. The average Bonchev–Trinajstić information content (AvgIpc) is 2.54. The van der Waals surface area contributed by atoms with Crippen LogP contribution in [0.5, 0.6) is 0 Å². The highest BCUT2D eigenvalue weighted by molar-refractivity contribution is 5.91. The van der Waals surface area contributed by atoms with Crippen LogP contribution in [0, 0.1) is 6.92 Å². The highest BCUT2D eigenvalue weighted by Gasteiger charge is 2.18. The summed E-state index contributed by atoms with van der Waals surface area (Å²) in [5, 5.41) is 0. The van der Waals surface area contributed by atoms with E-state index in [1.165, 1.54) is 5.56 Å². The summed E-state index contributed by atoms with van der Waals surface area (Å²) in [5.74, 6) is 0. The van der Waals surface area contributed by atoms with Gasteiger partial charge in [0, 0.05) is 38.2 Å². The van der Waals surface area contributed by atoms with Crippen LogP contribution in [0.2, 0.25) is 0 Å². The number of likely N-dealkylation sites (N-methyl/N-ethyl adjacent to an activating group) is 1. The summed E-state index contributed by atoms with van der Waals surface area (Å²) in [4.78, 5) is 20.2. The van der Waals surface area contributed by atoms with Crippen LogP contribution < -0.4 is 4.90 Å². The third-order valence-electron chi connectivity index (χ3n) is 3.67. The van der Waals surface area contributed by atoms with Crippen molar-refractivity contribution in [3.8, 4) is 0 Å². The zero-order valence-electron chi connectivity index (χ0n) is 13.5. The SMILES string of the molecule is CCN(C(=O)N(C)CCc1ccncc1)c1cccc(C)c1. The van der Waals surface area contributed by atoms with Gasteiger partial charge < -0.3 is 4.90 Å². The number of amides is 2. The summed E-state index contributed by atoms with van der Waals surface area (Å²) in [6.45, 7) is 5.37. The summed E-state index contributed by atoms with van der Waals surface area (Å²) in [5.41, 5.74) is 3.29. The zero-order valence-corrected chi connectivity index (χ0v) is 13.5. The van der Waals surface area contributed by atoms with Gasteiger partial charge in [0.25, 0.3) is 0 Å². The first-order valence-electron chi connectivity index (χ1n) is 7.60. The topological polar surface area (TPSA) is 36.4 Å². The molecule has 116 valence electrons. The number of benzene rings is 1. The van der Waals surface area contributed by atoms with Crippen molar-refractivity contribution in [2.75, 3.05) is 25.0 Å². The van der Waals surface area contributed by atoms with E-state index in [0.29, 0.717) is 13.1 Å². The molecule has 4 nitrogen and oxygen atoms in total. The molecule has 1 aromatic heterocycles. The summed E-state index contributed by atoms with van der Waals surface area (Å²) in [6, 6.07) is 12.0. The van der Waals surface area contributed by atoms with E-state index in [4.69, 9.17) is 0 Å². The van der Waals surface area contributed by atoms with Crippen LogP contribution in [0.3, 0.4) is 0 Å². The minimum atomic E-state index is 0.0298. The first-order valence-corrected chi connectivity index (χ1v) is 7.60. The molecule has 0 atom stereocenters. The maximum Gasteiger partial charge on any atom is 0.324 e. The van der Waals surface area contributed by atoms with Gasteiger partial charge in [-0.25, -0.2) is 4.79 Å². The van der Waals surface area contributed by atoms with E-state index in [9.17, 15) is 4.79 Å². The first-order chi connectivity index (χ1) is 10.6. The first kappa shape index (κ1) is 16.0. The predicted molar refractivity (Wildman–Crippen MR) is 90.2 cm³/mol. The Morgan fingerprint density at radius 3 is 2.55 bits per heavy atom. The quantitative estimate of drug-likeness (QED) is 0.846. The Bertz CT molecular complexity index is 613. The molecule has 1 heterocycles. The van der Waals surface area contributed by atoms with E-state index in [1.807, 2.05) is 57.3 Å². The molecule has 0 spiro atoms. The molecule has 22 heavy (non-hydrogen) atoms. The van der Waals surface area contributed by atoms with Crippen LogP contribution in [-0.4, -0.2) is 36.1 Å². The highest BCUT2D eigenvalue weighted by Crippen LogP contribution is 2.17. The van der Waals surface area contributed by atoms with E-state index >= 15 is 0 Å². The lowest BCUT2D eigenvalue weighted by Crippen LogP contribution is -2.42. The molecular formula is C18H23N3O. The van der Waals surface area contributed by atoms with Crippen molar-refractivity contribution < 1.29 is 4.79 Å². The standard InChI is InChI=1S/C18H23N3O/c1-4-21(17-7-5-6-15(2)14-17)18(22)20(3)13-10-16-8-11-19-12-9-16/h5-9,11-12,14H,4,10,13H2,1-3H3. The van der Waals surface area contributed by atoms with Gasteiger partial charge >= 0.3 is 6.03 Å². The molecule has 2 amide bonds. The molecular weight excluding hydrogens is 274 g/mol. The molecule has 1 aromatic carbocycles. The molecule has 0 N–H and O–H groups in total. The van der Waals surface area contributed by atoms with E-state index in [2.05, 4.69) is 4.98 Å². The smallest absolute Gasteiger partial charge is 0.324 e. The van der Waals surface area contributed by atoms with Gasteiger partial charge in [0.05, 0.1) is 0 Å². The van der Waals surface area contributed by atoms with Gasteiger partial charge in [-0.1, -0.05) is 12.1 Å². The number of urea groups is 1. The van der Waals surface area contributed by atoms with Crippen LogP contribution in [0.1, 0.15) is 18.1 Å². The Balaban J connectivity index is 2.01. The van der Waals surface area contributed by atoms with E-state index < -0.39 is 0 Å². The van der Waals surface area contributed by atoms with Crippen molar-refractivity contribution in [1.82, 2.24) is 9.88 Å². The van der Waals surface area contributed by atoms with Gasteiger partial charge in [-0.05, 0) is 55.7 Å². The largest absolute Gasteiger partial charge is 0.327 e. The van der Waals surface area contributed by atoms with Gasteiger partial charge in [-0.2, -0.15) is 0 Å². The number of hydrogen-bond donors (Lipinski definition) is 0. The molecule has 0 aliphatic rings. The summed E-state index contributed by atoms with van der Waals surface area (Å²) >= 11 is 0. The van der Waals surface area contributed by atoms with Crippen molar-refractivity contribution in [3.63, 3.8) is 0 Å². The number of nitrogens with zero attached hydrogens (tertiary/aromatic N) is 3. The molecule has 0 bridgehead atoms. The van der Waals surface area contributed by atoms with Crippen LogP contribution in [0.25, 0.3) is 0 Å². The fourth-order valence-corrected chi connectivity index (χ4v) is 2.37. The Morgan fingerprint density at radius 1 is 1.18 bits per heavy atom. The molecule has 0 saturated carbocycles.